The van der Waals surface area contributed by atoms with Crippen LogP contribution < -0.4 is 10.6 Å². The topological polar surface area (TPSA) is 79.3 Å². The quantitative estimate of drug-likeness (QED) is 0.880. The van der Waals surface area contributed by atoms with Crippen LogP contribution in [0.4, 0.5) is 10.6 Å². The zero-order valence-corrected chi connectivity index (χ0v) is 14.9. The highest BCUT2D eigenvalue weighted by molar-refractivity contribution is 6.30. The second-order valence-electron chi connectivity index (χ2n) is 6.05. The number of piperazine rings is 1. The van der Waals surface area contributed by atoms with E-state index in [-0.39, 0.29) is 11.9 Å². The van der Waals surface area contributed by atoms with Gasteiger partial charge in [0.25, 0.3) is 0 Å². The number of carbonyl (C=O) groups is 2. The van der Waals surface area contributed by atoms with Crippen LogP contribution in [0, 0.1) is 6.92 Å². The Labute approximate surface area is 150 Å². The number of hydrogen-bond acceptors (Lipinski definition) is 3. The lowest BCUT2D eigenvalue weighted by molar-refractivity contribution is -0.126. The molecule has 2 aromatic rings. The van der Waals surface area contributed by atoms with Gasteiger partial charge < -0.3 is 10.2 Å². The lowest BCUT2D eigenvalue weighted by Gasteiger charge is -2.32. The van der Waals surface area contributed by atoms with E-state index in [0.717, 1.165) is 11.3 Å². The Morgan fingerprint density at radius 3 is 3.00 bits per heavy atom. The molecule has 132 valence electrons. The monoisotopic (exact) mass is 361 g/mol. The summed E-state index contributed by atoms with van der Waals surface area (Å²) in [5.41, 5.74) is 1.78. The van der Waals surface area contributed by atoms with Crippen molar-refractivity contribution in [1.29, 1.82) is 0 Å². The minimum absolute atomic E-state index is 0.148. The summed E-state index contributed by atoms with van der Waals surface area (Å²) in [6.45, 7) is 4.99. The number of nitrogens with one attached hydrogen (secondary N) is 2. The average molecular weight is 362 g/mol. The minimum Gasteiger partial charge on any atom is -0.353 e. The molecule has 2 heterocycles. The van der Waals surface area contributed by atoms with Crippen LogP contribution in [-0.4, -0.2) is 45.8 Å². The molecule has 1 aromatic carbocycles. The third-order valence-corrected chi connectivity index (χ3v) is 4.35. The average Bonchev–Trinajstić information content (AvgIpc) is 2.89. The minimum atomic E-state index is -0.501. The van der Waals surface area contributed by atoms with E-state index in [1.54, 1.807) is 17.7 Å². The number of aromatic nitrogens is 2. The van der Waals surface area contributed by atoms with E-state index in [4.69, 9.17) is 11.6 Å². The Morgan fingerprint density at radius 2 is 2.24 bits per heavy atom. The summed E-state index contributed by atoms with van der Waals surface area (Å²) in [5, 5.41) is 10.7. The normalized spacial score (nSPS) is 17.3. The van der Waals surface area contributed by atoms with Gasteiger partial charge in [0.15, 0.2) is 0 Å². The zero-order chi connectivity index (χ0) is 18.0. The summed E-state index contributed by atoms with van der Waals surface area (Å²) in [6, 6.07) is 8.49. The molecule has 1 unspecified atom stereocenters. The number of aryl methyl sites for hydroxylation is 1. The summed E-state index contributed by atoms with van der Waals surface area (Å²) in [5.74, 6) is 0.436. The highest BCUT2D eigenvalue weighted by Gasteiger charge is 2.29. The first-order valence-electron chi connectivity index (χ1n) is 8.08. The maximum absolute atomic E-state index is 12.6. The van der Waals surface area contributed by atoms with Crippen molar-refractivity contribution in [3.05, 3.63) is 46.6 Å². The van der Waals surface area contributed by atoms with Gasteiger partial charge in [0.1, 0.15) is 11.9 Å². The Bertz CT molecular complexity index is 804. The number of rotatable bonds is 3. The van der Waals surface area contributed by atoms with Crippen LogP contribution in [0.2, 0.25) is 5.02 Å². The standard InChI is InChI=1S/C17H20ClN5O2/c1-11-8-15(20-17(25)22-7-6-19-16(24)12(22)2)23(21-11)10-13-4-3-5-14(18)9-13/h3-5,8-9,12H,6-7,10H2,1-2H3,(H,19,24)(H,20,25). The molecule has 1 aromatic heterocycles. The van der Waals surface area contributed by atoms with Crippen molar-refractivity contribution in [2.45, 2.75) is 26.4 Å². The molecule has 1 atom stereocenters. The number of urea groups is 1. The van der Waals surface area contributed by atoms with Gasteiger partial charge in [-0.2, -0.15) is 5.10 Å². The molecule has 1 aliphatic heterocycles. The van der Waals surface area contributed by atoms with E-state index in [2.05, 4.69) is 15.7 Å². The highest BCUT2D eigenvalue weighted by Crippen LogP contribution is 2.17. The van der Waals surface area contributed by atoms with Gasteiger partial charge in [0, 0.05) is 24.2 Å². The van der Waals surface area contributed by atoms with Gasteiger partial charge >= 0.3 is 6.03 Å². The summed E-state index contributed by atoms with van der Waals surface area (Å²) < 4.78 is 1.72. The molecule has 8 heteroatoms. The maximum atomic E-state index is 12.6. The van der Waals surface area contributed by atoms with E-state index in [1.165, 1.54) is 4.90 Å². The molecule has 0 aliphatic carbocycles. The predicted octanol–water partition coefficient (Wildman–Crippen LogP) is 2.25. The molecule has 0 radical (unpaired) electrons. The van der Waals surface area contributed by atoms with Crippen LogP contribution in [0.25, 0.3) is 0 Å². The third kappa shape index (κ3) is 3.93. The molecule has 1 aliphatic rings. The number of amides is 3. The fourth-order valence-corrected chi connectivity index (χ4v) is 3.03. The molecule has 0 saturated carbocycles. The van der Waals surface area contributed by atoms with Gasteiger partial charge in [-0.05, 0) is 31.5 Å². The van der Waals surface area contributed by atoms with Gasteiger partial charge in [-0.15, -0.1) is 0 Å². The fraction of sp³-hybridized carbons (Fsp3) is 0.353. The van der Waals surface area contributed by atoms with E-state index in [1.807, 2.05) is 31.2 Å². The summed E-state index contributed by atoms with van der Waals surface area (Å²) in [6.07, 6.45) is 0. The molecule has 0 spiro atoms. The number of carbonyl (C=O) groups excluding carboxylic acids is 2. The fourth-order valence-electron chi connectivity index (χ4n) is 2.82. The van der Waals surface area contributed by atoms with Gasteiger partial charge in [0.2, 0.25) is 5.91 Å². The van der Waals surface area contributed by atoms with Crippen molar-refractivity contribution in [2.75, 3.05) is 18.4 Å². The maximum Gasteiger partial charge on any atom is 0.323 e. The number of anilines is 1. The predicted molar refractivity (Wildman–Crippen MR) is 95.7 cm³/mol. The molecule has 1 saturated heterocycles. The number of hydrogen-bond donors (Lipinski definition) is 2. The number of nitrogens with zero attached hydrogens (tertiary/aromatic N) is 3. The molecular formula is C17H20ClN5O2. The van der Waals surface area contributed by atoms with Gasteiger partial charge in [0.05, 0.1) is 12.2 Å². The molecular weight excluding hydrogens is 342 g/mol. The molecule has 25 heavy (non-hydrogen) atoms. The van der Waals surface area contributed by atoms with Crippen LogP contribution in [0.15, 0.2) is 30.3 Å². The van der Waals surface area contributed by atoms with Crippen LogP contribution in [-0.2, 0) is 11.3 Å². The Morgan fingerprint density at radius 1 is 1.44 bits per heavy atom. The van der Waals surface area contributed by atoms with Gasteiger partial charge in [-0.3, -0.25) is 10.1 Å². The van der Waals surface area contributed by atoms with E-state index in [0.29, 0.717) is 30.5 Å². The van der Waals surface area contributed by atoms with Crippen molar-refractivity contribution in [2.24, 2.45) is 0 Å². The molecule has 7 nitrogen and oxygen atoms in total. The summed E-state index contributed by atoms with van der Waals surface area (Å²) in [7, 11) is 0. The second kappa shape index (κ2) is 7.14. The lowest BCUT2D eigenvalue weighted by Crippen LogP contribution is -2.56. The third-order valence-electron chi connectivity index (χ3n) is 4.12. The SMILES string of the molecule is Cc1cc(NC(=O)N2CCNC(=O)C2C)n(Cc2cccc(Cl)c2)n1. The van der Waals surface area contributed by atoms with Crippen molar-refractivity contribution in [3.8, 4) is 0 Å². The second-order valence-corrected chi connectivity index (χ2v) is 6.49. The lowest BCUT2D eigenvalue weighted by atomic mass is 10.2. The summed E-state index contributed by atoms with van der Waals surface area (Å²) >= 11 is 6.03. The van der Waals surface area contributed by atoms with Crippen LogP contribution in [0.5, 0.6) is 0 Å². The Kier molecular flexibility index (Phi) is 4.94. The van der Waals surface area contributed by atoms with Crippen LogP contribution in [0.3, 0.4) is 0 Å². The Hall–Kier alpha value is -2.54. The van der Waals surface area contributed by atoms with E-state index >= 15 is 0 Å². The Balaban J connectivity index is 1.76. The molecule has 3 rings (SSSR count). The van der Waals surface area contributed by atoms with Gasteiger partial charge in [-0.25, -0.2) is 9.48 Å². The highest BCUT2D eigenvalue weighted by atomic mass is 35.5. The van der Waals surface area contributed by atoms with Crippen molar-refractivity contribution >= 4 is 29.4 Å². The summed E-state index contributed by atoms with van der Waals surface area (Å²) in [4.78, 5) is 25.8. The number of benzene rings is 1. The van der Waals surface area contributed by atoms with Crippen molar-refractivity contribution < 1.29 is 9.59 Å². The van der Waals surface area contributed by atoms with Crippen LogP contribution >= 0.6 is 11.6 Å². The first-order chi connectivity index (χ1) is 11.9. The van der Waals surface area contributed by atoms with E-state index < -0.39 is 6.04 Å². The van der Waals surface area contributed by atoms with Gasteiger partial charge in [-0.1, -0.05) is 23.7 Å². The molecule has 1 fully saturated rings. The smallest absolute Gasteiger partial charge is 0.323 e. The number of halogens is 1. The van der Waals surface area contributed by atoms with Crippen molar-refractivity contribution in [3.63, 3.8) is 0 Å². The first kappa shape index (κ1) is 17.3. The molecule has 0 bridgehead atoms. The first-order valence-corrected chi connectivity index (χ1v) is 8.46. The van der Waals surface area contributed by atoms with E-state index in [9.17, 15) is 9.59 Å². The zero-order valence-electron chi connectivity index (χ0n) is 14.1. The van der Waals surface area contributed by atoms with Crippen LogP contribution in [0.1, 0.15) is 18.2 Å². The molecule has 2 N–H and O–H groups in total. The largest absolute Gasteiger partial charge is 0.353 e. The molecule has 3 amide bonds. The van der Waals surface area contributed by atoms with Crippen molar-refractivity contribution in [1.82, 2.24) is 20.0 Å².